The molecule has 3 N–H and O–H groups in total. The fraction of sp³-hybridized carbons (Fsp3) is 0.176. The summed E-state index contributed by atoms with van der Waals surface area (Å²) in [5, 5.41) is 15.0. The molecular weight excluding hydrogens is 351 g/mol. The van der Waals surface area contributed by atoms with Crippen molar-refractivity contribution >= 4 is 40.9 Å². The third-order valence-corrected chi connectivity index (χ3v) is 4.08. The van der Waals surface area contributed by atoms with Crippen LogP contribution in [0.3, 0.4) is 0 Å². The number of carboxylic acid groups (broad SMARTS) is 1. The Balaban J connectivity index is 2.10. The highest BCUT2D eigenvalue weighted by Crippen LogP contribution is 2.25. The number of carbonyl (C=O) groups is 2. The van der Waals surface area contributed by atoms with E-state index in [0.29, 0.717) is 21.3 Å². The van der Waals surface area contributed by atoms with Crippen molar-refractivity contribution < 1.29 is 14.7 Å². The fourth-order valence-electron chi connectivity index (χ4n) is 2.12. The van der Waals surface area contributed by atoms with E-state index in [2.05, 4.69) is 10.6 Å². The molecule has 2 aromatic carbocycles. The zero-order valence-corrected chi connectivity index (χ0v) is 14.4. The third-order valence-electron chi connectivity index (χ3n) is 3.34. The molecule has 0 aromatic heterocycles. The number of benzene rings is 2. The first-order chi connectivity index (χ1) is 11.3. The fourth-order valence-corrected chi connectivity index (χ4v) is 2.42. The van der Waals surface area contributed by atoms with Gasteiger partial charge in [0, 0.05) is 5.69 Å². The van der Waals surface area contributed by atoms with Gasteiger partial charge in [-0.1, -0.05) is 53.0 Å². The van der Waals surface area contributed by atoms with Gasteiger partial charge in [-0.3, -0.25) is 4.79 Å². The Hall–Kier alpha value is -2.24. The predicted octanol–water partition coefficient (Wildman–Crippen LogP) is 4.64. The van der Waals surface area contributed by atoms with E-state index >= 15 is 0 Å². The Labute approximate surface area is 149 Å². The van der Waals surface area contributed by atoms with Crippen molar-refractivity contribution in [3.8, 4) is 0 Å². The molecule has 2 rings (SSSR count). The number of rotatable bonds is 5. The van der Waals surface area contributed by atoms with E-state index in [0.717, 1.165) is 5.56 Å². The van der Waals surface area contributed by atoms with Gasteiger partial charge < -0.3 is 15.7 Å². The summed E-state index contributed by atoms with van der Waals surface area (Å²) in [4.78, 5) is 23.2. The zero-order chi connectivity index (χ0) is 17.7. The molecular formula is C17H16Cl2N2O3. The number of hydrogen-bond acceptors (Lipinski definition) is 2. The first-order valence-electron chi connectivity index (χ1n) is 7.16. The first kappa shape index (κ1) is 18.1. The monoisotopic (exact) mass is 366 g/mol. The minimum Gasteiger partial charge on any atom is -0.481 e. The zero-order valence-electron chi connectivity index (χ0n) is 12.8. The number of nitrogens with one attached hydrogen (secondary N) is 2. The molecule has 0 saturated heterocycles. The molecule has 0 spiro atoms. The van der Waals surface area contributed by atoms with E-state index in [9.17, 15) is 9.59 Å². The van der Waals surface area contributed by atoms with Crippen LogP contribution in [0.2, 0.25) is 10.0 Å². The lowest BCUT2D eigenvalue weighted by Gasteiger charge is -2.18. The quantitative estimate of drug-likeness (QED) is 0.720. The number of halogens is 2. The molecule has 7 heteroatoms. The van der Waals surface area contributed by atoms with Gasteiger partial charge in [-0.2, -0.15) is 0 Å². The summed E-state index contributed by atoms with van der Waals surface area (Å²) in [6.45, 7) is 1.93. The van der Waals surface area contributed by atoms with Gasteiger partial charge in [0.15, 0.2) is 0 Å². The van der Waals surface area contributed by atoms with Crippen LogP contribution in [0.5, 0.6) is 0 Å². The molecule has 0 heterocycles. The number of amides is 2. The highest BCUT2D eigenvalue weighted by Gasteiger charge is 2.18. The summed E-state index contributed by atoms with van der Waals surface area (Å²) >= 11 is 11.7. The number of hydrogen-bond donors (Lipinski definition) is 3. The average molecular weight is 367 g/mol. The maximum absolute atomic E-state index is 12.1. The molecule has 2 amide bonds. The van der Waals surface area contributed by atoms with Crippen LogP contribution in [0.15, 0.2) is 42.5 Å². The Bertz CT molecular complexity index is 748. The van der Waals surface area contributed by atoms with Crippen molar-refractivity contribution in [3.63, 3.8) is 0 Å². The number of carbonyl (C=O) groups excluding carboxylic acids is 1. The number of anilines is 1. The molecule has 0 aliphatic carbocycles. The summed E-state index contributed by atoms with van der Waals surface area (Å²) in [6, 6.07) is 10.8. The third kappa shape index (κ3) is 5.15. The predicted molar refractivity (Wildman–Crippen MR) is 94.8 cm³/mol. The lowest BCUT2D eigenvalue weighted by atomic mass is 10.0. The highest BCUT2D eigenvalue weighted by atomic mass is 35.5. The van der Waals surface area contributed by atoms with Crippen molar-refractivity contribution in [3.05, 3.63) is 63.6 Å². The van der Waals surface area contributed by atoms with Crippen LogP contribution in [-0.4, -0.2) is 17.1 Å². The van der Waals surface area contributed by atoms with Crippen LogP contribution in [0, 0.1) is 6.92 Å². The molecule has 126 valence electrons. The van der Waals surface area contributed by atoms with Gasteiger partial charge in [0.05, 0.1) is 22.5 Å². The van der Waals surface area contributed by atoms with Crippen LogP contribution >= 0.6 is 23.2 Å². The molecule has 1 atom stereocenters. The Morgan fingerprint density at radius 1 is 1.08 bits per heavy atom. The van der Waals surface area contributed by atoms with Gasteiger partial charge in [0.2, 0.25) is 0 Å². The summed E-state index contributed by atoms with van der Waals surface area (Å²) in [5.41, 5.74) is 2.22. The molecule has 0 bridgehead atoms. The minimum absolute atomic E-state index is 0.224. The maximum atomic E-state index is 12.1. The Morgan fingerprint density at radius 2 is 1.75 bits per heavy atom. The topological polar surface area (TPSA) is 78.4 Å². The van der Waals surface area contributed by atoms with E-state index in [1.807, 2.05) is 19.1 Å². The summed E-state index contributed by atoms with van der Waals surface area (Å²) < 4.78 is 0. The van der Waals surface area contributed by atoms with Crippen molar-refractivity contribution in [1.82, 2.24) is 5.32 Å². The maximum Gasteiger partial charge on any atom is 0.319 e. The minimum atomic E-state index is -1.00. The summed E-state index contributed by atoms with van der Waals surface area (Å²) in [5.74, 6) is -1.00. The van der Waals surface area contributed by atoms with E-state index in [1.165, 1.54) is 6.07 Å². The second-order valence-corrected chi connectivity index (χ2v) is 6.10. The number of carboxylic acids is 1. The Morgan fingerprint density at radius 3 is 2.33 bits per heavy atom. The van der Waals surface area contributed by atoms with Crippen molar-refractivity contribution in [2.75, 3.05) is 5.32 Å². The van der Waals surface area contributed by atoms with Crippen molar-refractivity contribution in [2.45, 2.75) is 19.4 Å². The smallest absolute Gasteiger partial charge is 0.319 e. The van der Waals surface area contributed by atoms with E-state index in [1.54, 1.807) is 24.3 Å². The molecule has 0 unspecified atom stereocenters. The highest BCUT2D eigenvalue weighted by molar-refractivity contribution is 6.42. The molecule has 0 fully saturated rings. The van der Waals surface area contributed by atoms with Crippen LogP contribution in [-0.2, 0) is 4.79 Å². The van der Waals surface area contributed by atoms with Crippen LogP contribution < -0.4 is 10.6 Å². The summed E-state index contributed by atoms with van der Waals surface area (Å²) in [6.07, 6.45) is -0.224. The summed E-state index contributed by atoms with van der Waals surface area (Å²) in [7, 11) is 0. The first-order valence-corrected chi connectivity index (χ1v) is 7.91. The average Bonchev–Trinajstić information content (AvgIpc) is 2.50. The Kier molecular flexibility index (Phi) is 6.06. The lowest BCUT2D eigenvalue weighted by molar-refractivity contribution is -0.137. The van der Waals surface area contributed by atoms with Gasteiger partial charge >= 0.3 is 12.0 Å². The molecule has 0 saturated carbocycles. The van der Waals surface area contributed by atoms with Crippen LogP contribution in [0.1, 0.15) is 23.6 Å². The van der Waals surface area contributed by atoms with Crippen LogP contribution in [0.25, 0.3) is 0 Å². The number of urea groups is 1. The lowest BCUT2D eigenvalue weighted by Crippen LogP contribution is -2.33. The van der Waals surface area contributed by atoms with Gasteiger partial charge in [-0.05, 0) is 30.7 Å². The molecule has 0 aliphatic rings. The van der Waals surface area contributed by atoms with Gasteiger partial charge in [-0.25, -0.2) is 4.79 Å². The van der Waals surface area contributed by atoms with Crippen molar-refractivity contribution in [1.29, 1.82) is 0 Å². The number of aryl methyl sites for hydroxylation is 1. The molecule has 0 radical (unpaired) electrons. The molecule has 2 aromatic rings. The van der Waals surface area contributed by atoms with Gasteiger partial charge in [0.25, 0.3) is 0 Å². The van der Waals surface area contributed by atoms with Gasteiger partial charge in [0.1, 0.15) is 0 Å². The molecule has 24 heavy (non-hydrogen) atoms. The van der Waals surface area contributed by atoms with E-state index in [4.69, 9.17) is 28.3 Å². The normalized spacial score (nSPS) is 11.6. The second-order valence-electron chi connectivity index (χ2n) is 5.29. The van der Waals surface area contributed by atoms with Gasteiger partial charge in [-0.15, -0.1) is 0 Å². The SMILES string of the molecule is Cc1ccc([C@@H](CC(=O)O)NC(=O)Nc2ccc(Cl)c(Cl)c2)cc1. The van der Waals surface area contributed by atoms with E-state index in [-0.39, 0.29) is 6.42 Å². The molecule has 0 aliphatic heterocycles. The second kappa shape index (κ2) is 8.04. The molecule has 5 nitrogen and oxygen atoms in total. The van der Waals surface area contributed by atoms with Crippen molar-refractivity contribution in [2.24, 2.45) is 0 Å². The van der Waals surface area contributed by atoms with Crippen LogP contribution in [0.4, 0.5) is 10.5 Å². The number of aliphatic carboxylic acids is 1. The van der Waals surface area contributed by atoms with E-state index < -0.39 is 18.0 Å². The largest absolute Gasteiger partial charge is 0.481 e. The standard InChI is InChI=1S/C17H16Cl2N2O3/c1-10-2-4-11(5-3-10)15(9-16(22)23)21-17(24)20-12-6-7-13(18)14(19)8-12/h2-8,15H,9H2,1H3,(H,22,23)(H2,20,21,24)/t15-/m1/s1.